The van der Waals surface area contributed by atoms with Crippen molar-refractivity contribution in [2.45, 2.75) is 11.8 Å². The lowest BCUT2D eigenvalue weighted by molar-refractivity contribution is 0.102. The molecule has 0 aromatic heterocycles. The van der Waals surface area contributed by atoms with Gasteiger partial charge in [-0.3, -0.25) is 4.79 Å². The number of benzene rings is 2. The van der Waals surface area contributed by atoms with Gasteiger partial charge in [0.1, 0.15) is 10.6 Å². The van der Waals surface area contributed by atoms with Crippen molar-refractivity contribution < 1.29 is 27.4 Å². The van der Waals surface area contributed by atoms with Gasteiger partial charge in [-0.05, 0) is 30.3 Å². The molecule has 0 saturated carbocycles. The van der Waals surface area contributed by atoms with Crippen LogP contribution in [-0.2, 0) is 10.0 Å². The van der Waals surface area contributed by atoms with E-state index in [1.165, 1.54) is 25.3 Å². The topological polar surface area (TPSA) is 103 Å². The van der Waals surface area contributed by atoms with Gasteiger partial charge in [0.05, 0.1) is 7.11 Å². The Morgan fingerprint density at radius 3 is 2.65 bits per heavy atom. The first-order valence-electron chi connectivity index (χ1n) is 7.83. The van der Waals surface area contributed by atoms with E-state index in [1.54, 1.807) is 25.1 Å². The Bertz CT molecular complexity index is 942. The van der Waals surface area contributed by atoms with Crippen LogP contribution in [0.5, 0.6) is 17.2 Å². The number of nitrogens with one attached hydrogen (secondary N) is 2. The second-order valence-electron chi connectivity index (χ2n) is 5.39. The van der Waals surface area contributed by atoms with Crippen molar-refractivity contribution in [3.63, 3.8) is 0 Å². The standard InChI is InChI=1S/C17H18N2O6S/c1-3-18-26(21,22)16-8-11(4-6-14(16)23-2)17(20)19-12-5-7-13-15(9-12)25-10-24-13/h4-9,18H,3,10H2,1-2H3,(H,19,20). The zero-order valence-electron chi connectivity index (χ0n) is 14.2. The van der Waals surface area contributed by atoms with Crippen LogP contribution < -0.4 is 24.2 Å². The van der Waals surface area contributed by atoms with Crippen molar-refractivity contribution in [3.8, 4) is 17.2 Å². The summed E-state index contributed by atoms with van der Waals surface area (Å²) in [7, 11) is -2.41. The summed E-state index contributed by atoms with van der Waals surface area (Å²) < 4.78 is 42.6. The van der Waals surface area contributed by atoms with E-state index >= 15 is 0 Å². The highest BCUT2D eigenvalue weighted by Crippen LogP contribution is 2.34. The molecule has 1 aliphatic heterocycles. The molecule has 9 heteroatoms. The highest BCUT2D eigenvalue weighted by molar-refractivity contribution is 7.89. The second kappa shape index (κ2) is 7.22. The Balaban J connectivity index is 1.88. The van der Waals surface area contributed by atoms with E-state index in [1.807, 2.05) is 0 Å². The molecule has 1 aliphatic rings. The SMILES string of the molecule is CCNS(=O)(=O)c1cc(C(=O)Nc2ccc3c(c2)OCO3)ccc1OC. The van der Waals surface area contributed by atoms with Crippen LogP contribution in [0.4, 0.5) is 5.69 Å². The Hall–Kier alpha value is -2.78. The molecule has 3 rings (SSSR count). The van der Waals surface area contributed by atoms with Crippen molar-refractivity contribution >= 4 is 21.6 Å². The first-order chi connectivity index (χ1) is 12.4. The molecule has 138 valence electrons. The number of hydrogen-bond donors (Lipinski definition) is 2. The Morgan fingerprint density at radius 2 is 1.92 bits per heavy atom. The third-order valence-corrected chi connectivity index (χ3v) is 5.25. The fourth-order valence-corrected chi connectivity index (χ4v) is 3.71. The van der Waals surface area contributed by atoms with Crippen molar-refractivity contribution in [1.82, 2.24) is 4.72 Å². The number of carbonyl (C=O) groups excluding carboxylic acids is 1. The number of anilines is 1. The van der Waals surface area contributed by atoms with E-state index in [4.69, 9.17) is 14.2 Å². The number of amides is 1. The Morgan fingerprint density at radius 1 is 1.15 bits per heavy atom. The molecular weight excluding hydrogens is 360 g/mol. The molecule has 0 atom stereocenters. The van der Waals surface area contributed by atoms with Crippen molar-refractivity contribution in [2.24, 2.45) is 0 Å². The first-order valence-corrected chi connectivity index (χ1v) is 9.31. The summed E-state index contributed by atoms with van der Waals surface area (Å²) in [6.07, 6.45) is 0. The number of ether oxygens (including phenoxy) is 3. The number of methoxy groups -OCH3 is 1. The van der Waals surface area contributed by atoms with Gasteiger partial charge in [-0.1, -0.05) is 6.92 Å². The van der Waals surface area contributed by atoms with E-state index in [-0.39, 0.29) is 29.5 Å². The fourth-order valence-electron chi connectivity index (χ4n) is 2.47. The molecule has 1 amide bonds. The summed E-state index contributed by atoms with van der Waals surface area (Å²) in [4.78, 5) is 12.4. The van der Waals surface area contributed by atoms with E-state index in [2.05, 4.69) is 10.0 Å². The molecular formula is C17H18N2O6S. The van der Waals surface area contributed by atoms with E-state index < -0.39 is 15.9 Å². The summed E-state index contributed by atoms with van der Waals surface area (Å²) in [5.41, 5.74) is 0.686. The molecule has 2 aromatic rings. The second-order valence-corrected chi connectivity index (χ2v) is 7.12. The zero-order chi connectivity index (χ0) is 18.7. The van der Waals surface area contributed by atoms with Gasteiger partial charge in [0.25, 0.3) is 5.91 Å². The highest BCUT2D eigenvalue weighted by atomic mass is 32.2. The minimum atomic E-state index is -3.78. The molecule has 0 radical (unpaired) electrons. The minimum absolute atomic E-state index is 0.0970. The van der Waals surface area contributed by atoms with Crippen molar-refractivity contribution in [3.05, 3.63) is 42.0 Å². The van der Waals surface area contributed by atoms with Crippen LogP contribution in [0.2, 0.25) is 0 Å². The van der Waals surface area contributed by atoms with Crippen LogP contribution >= 0.6 is 0 Å². The molecule has 2 aromatic carbocycles. The maximum Gasteiger partial charge on any atom is 0.255 e. The molecule has 1 heterocycles. The summed E-state index contributed by atoms with van der Waals surface area (Å²) in [6.45, 7) is 2.02. The molecule has 8 nitrogen and oxygen atoms in total. The van der Waals surface area contributed by atoms with Gasteiger partial charge in [0, 0.05) is 23.9 Å². The van der Waals surface area contributed by atoms with E-state index in [0.29, 0.717) is 17.2 Å². The molecule has 0 aliphatic carbocycles. The predicted octanol–water partition coefficient (Wildman–Crippen LogP) is 1.97. The van der Waals surface area contributed by atoms with Gasteiger partial charge in [0.2, 0.25) is 16.8 Å². The molecule has 0 spiro atoms. The maximum absolute atomic E-state index is 12.5. The Kier molecular flexibility index (Phi) is 5.01. The monoisotopic (exact) mass is 378 g/mol. The molecule has 0 fully saturated rings. The average Bonchev–Trinajstić information content (AvgIpc) is 3.08. The smallest absolute Gasteiger partial charge is 0.255 e. The van der Waals surface area contributed by atoms with Crippen LogP contribution in [0.15, 0.2) is 41.3 Å². The van der Waals surface area contributed by atoms with Gasteiger partial charge in [0.15, 0.2) is 11.5 Å². The summed E-state index contributed by atoms with van der Waals surface area (Å²) in [6, 6.07) is 9.21. The number of fused-ring (bicyclic) bond motifs is 1. The van der Waals surface area contributed by atoms with E-state index in [9.17, 15) is 13.2 Å². The summed E-state index contributed by atoms with van der Waals surface area (Å²) in [5, 5.41) is 2.71. The van der Waals surface area contributed by atoms with Gasteiger partial charge in [-0.25, -0.2) is 13.1 Å². The van der Waals surface area contributed by atoms with Gasteiger partial charge >= 0.3 is 0 Å². The third-order valence-electron chi connectivity index (χ3n) is 3.68. The molecule has 0 saturated heterocycles. The number of rotatable bonds is 6. The highest BCUT2D eigenvalue weighted by Gasteiger charge is 2.21. The van der Waals surface area contributed by atoms with Crippen molar-refractivity contribution in [2.75, 3.05) is 25.8 Å². The minimum Gasteiger partial charge on any atom is -0.495 e. The van der Waals surface area contributed by atoms with Crippen molar-refractivity contribution in [1.29, 1.82) is 0 Å². The van der Waals surface area contributed by atoms with Gasteiger partial charge < -0.3 is 19.5 Å². The predicted molar refractivity (Wildman–Crippen MR) is 94.4 cm³/mol. The molecule has 0 unspecified atom stereocenters. The van der Waals surface area contributed by atoms with Gasteiger partial charge in [-0.15, -0.1) is 0 Å². The average molecular weight is 378 g/mol. The first kappa shape index (κ1) is 18.0. The number of carbonyl (C=O) groups is 1. The van der Waals surface area contributed by atoms with Crippen LogP contribution in [-0.4, -0.2) is 34.8 Å². The molecule has 26 heavy (non-hydrogen) atoms. The largest absolute Gasteiger partial charge is 0.495 e. The number of hydrogen-bond acceptors (Lipinski definition) is 6. The van der Waals surface area contributed by atoms with Crippen LogP contribution in [0.25, 0.3) is 0 Å². The maximum atomic E-state index is 12.5. The van der Waals surface area contributed by atoms with Crippen LogP contribution in [0, 0.1) is 0 Å². The lowest BCUT2D eigenvalue weighted by Crippen LogP contribution is -2.24. The Labute approximate surface area is 151 Å². The van der Waals surface area contributed by atoms with E-state index in [0.717, 1.165) is 0 Å². The lowest BCUT2D eigenvalue weighted by atomic mass is 10.2. The number of sulfonamides is 1. The zero-order valence-corrected chi connectivity index (χ0v) is 15.1. The van der Waals surface area contributed by atoms with Gasteiger partial charge in [-0.2, -0.15) is 0 Å². The third kappa shape index (κ3) is 3.58. The normalized spacial score (nSPS) is 12.7. The molecule has 2 N–H and O–H groups in total. The quantitative estimate of drug-likeness (QED) is 0.797. The summed E-state index contributed by atoms with van der Waals surface area (Å²) in [5.74, 6) is 0.837. The van der Waals surface area contributed by atoms with Crippen LogP contribution in [0.1, 0.15) is 17.3 Å². The molecule has 0 bridgehead atoms. The van der Waals surface area contributed by atoms with Crippen LogP contribution in [0.3, 0.4) is 0 Å². The fraction of sp³-hybridized carbons (Fsp3) is 0.235. The summed E-state index contributed by atoms with van der Waals surface area (Å²) >= 11 is 0. The lowest BCUT2D eigenvalue weighted by Gasteiger charge is -2.12.